The van der Waals surface area contributed by atoms with Crippen LogP contribution in [0.25, 0.3) is 6.08 Å². The lowest BCUT2D eigenvalue weighted by atomic mass is 10.1. The Hall–Kier alpha value is -1.91. The Morgan fingerprint density at radius 3 is 2.54 bits per heavy atom. The molecule has 2 aromatic carbocycles. The van der Waals surface area contributed by atoms with Gasteiger partial charge in [0, 0.05) is 30.7 Å². The maximum atomic E-state index is 5.42. The standard InChI is InChI=1S/C20H22N2OS/c1-21-18-4-2-3-5-19(18)24-20(21)11-8-16-6-9-17(10-7-16)22-12-14-23-15-13-22/h2-11,20H,12-15H2,1H3/b11-8+. The molecule has 3 nitrogen and oxygen atoms in total. The van der Waals surface area contributed by atoms with Crippen molar-refractivity contribution < 1.29 is 4.74 Å². The van der Waals surface area contributed by atoms with Crippen molar-refractivity contribution in [1.29, 1.82) is 0 Å². The minimum atomic E-state index is 0.362. The molecule has 0 saturated carbocycles. The Morgan fingerprint density at radius 2 is 1.79 bits per heavy atom. The number of rotatable bonds is 3. The van der Waals surface area contributed by atoms with Crippen LogP contribution in [0, 0.1) is 0 Å². The van der Waals surface area contributed by atoms with Crippen molar-refractivity contribution in [2.45, 2.75) is 10.3 Å². The van der Waals surface area contributed by atoms with Gasteiger partial charge in [-0.2, -0.15) is 0 Å². The molecule has 1 atom stereocenters. The van der Waals surface area contributed by atoms with Crippen LogP contribution in [0.2, 0.25) is 0 Å². The first kappa shape index (κ1) is 15.6. The van der Waals surface area contributed by atoms with Gasteiger partial charge in [-0.25, -0.2) is 0 Å². The molecule has 2 aromatic rings. The van der Waals surface area contributed by atoms with Gasteiger partial charge in [-0.15, -0.1) is 0 Å². The monoisotopic (exact) mass is 338 g/mol. The lowest BCUT2D eigenvalue weighted by molar-refractivity contribution is 0.122. The Labute approximate surface area is 147 Å². The van der Waals surface area contributed by atoms with E-state index in [4.69, 9.17) is 4.74 Å². The minimum Gasteiger partial charge on any atom is -0.378 e. The van der Waals surface area contributed by atoms with Gasteiger partial charge in [0.2, 0.25) is 0 Å². The molecule has 0 radical (unpaired) electrons. The molecule has 4 heteroatoms. The summed E-state index contributed by atoms with van der Waals surface area (Å²) in [5.74, 6) is 0. The number of likely N-dealkylation sites (N-methyl/N-ethyl adjacent to an activating group) is 1. The van der Waals surface area contributed by atoms with Crippen LogP contribution in [0.1, 0.15) is 5.56 Å². The predicted molar refractivity (Wildman–Crippen MR) is 103 cm³/mol. The van der Waals surface area contributed by atoms with Gasteiger partial charge in [-0.1, -0.05) is 48.2 Å². The second-order valence-corrected chi connectivity index (χ2v) is 7.30. The van der Waals surface area contributed by atoms with Gasteiger partial charge < -0.3 is 14.5 Å². The summed E-state index contributed by atoms with van der Waals surface area (Å²) in [6.07, 6.45) is 4.51. The molecule has 0 N–H and O–H groups in total. The maximum absolute atomic E-state index is 5.42. The zero-order valence-corrected chi connectivity index (χ0v) is 14.7. The van der Waals surface area contributed by atoms with Crippen LogP contribution >= 0.6 is 11.8 Å². The van der Waals surface area contributed by atoms with Gasteiger partial charge in [0.15, 0.2) is 0 Å². The molecule has 124 valence electrons. The van der Waals surface area contributed by atoms with Gasteiger partial charge >= 0.3 is 0 Å². The highest BCUT2D eigenvalue weighted by Gasteiger charge is 2.24. The van der Waals surface area contributed by atoms with Crippen LogP contribution < -0.4 is 9.80 Å². The van der Waals surface area contributed by atoms with E-state index >= 15 is 0 Å². The smallest absolute Gasteiger partial charge is 0.0983 e. The van der Waals surface area contributed by atoms with Crippen molar-refractivity contribution >= 4 is 29.2 Å². The van der Waals surface area contributed by atoms with Crippen molar-refractivity contribution in [1.82, 2.24) is 0 Å². The summed E-state index contributed by atoms with van der Waals surface area (Å²) in [6.45, 7) is 3.62. The van der Waals surface area contributed by atoms with E-state index in [1.807, 2.05) is 11.8 Å². The molecule has 24 heavy (non-hydrogen) atoms. The summed E-state index contributed by atoms with van der Waals surface area (Å²) in [5.41, 5.74) is 3.85. The normalized spacial score (nSPS) is 20.6. The Morgan fingerprint density at radius 1 is 1.04 bits per heavy atom. The molecule has 2 heterocycles. The van der Waals surface area contributed by atoms with Crippen LogP contribution in [-0.2, 0) is 4.74 Å². The number of nitrogens with zero attached hydrogens (tertiary/aromatic N) is 2. The minimum absolute atomic E-state index is 0.362. The quantitative estimate of drug-likeness (QED) is 0.837. The first-order valence-corrected chi connectivity index (χ1v) is 9.29. The fourth-order valence-electron chi connectivity index (χ4n) is 3.17. The molecule has 0 aromatic heterocycles. The average molecular weight is 338 g/mol. The molecule has 1 saturated heterocycles. The predicted octanol–water partition coefficient (Wildman–Crippen LogP) is 4.10. The number of anilines is 2. The van der Waals surface area contributed by atoms with Crippen molar-refractivity contribution in [3.05, 3.63) is 60.2 Å². The van der Waals surface area contributed by atoms with E-state index in [9.17, 15) is 0 Å². The first-order valence-electron chi connectivity index (χ1n) is 8.41. The van der Waals surface area contributed by atoms with Crippen molar-refractivity contribution in [2.75, 3.05) is 43.2 Å². The van der Waals surface area contributed by atoms with Gasteiger partial charge in [-0.05, 0) is 29.8 Å². The number of fused-ring (bicyclic) bond motifs is 1. The molecule has 2 aliphatic rings. The number of hydrogen-bond acceptors (Lipinski definition) is 4. The molecule has 2 aliphatic heterocycles. The van der Waals surface area contributed by atoms with E-state index in [1.165, 1.54) is 21.8 Å². The van der Waals surface area contributed by atoms with Crippen molar-refractivity contribution in [3.8, 4) is 0 Å². The molecule has 0 spiro atoms. The zero-order chi connectivity index (χ0) is 16.4. The summed E-state index contributed by atoms with van der Waals surface area (Å²) in [6, 6.07) is 17.4. The second-order valence-electron chi connectivity index (χ2n) is 6.14. The summed E-state index contributed by atoms with van der Waals surface area (Å²) in [4.78, 5) is 6.07. The maximum Gasteiger partial charge on any atom is 0.0983 e. The summed E-state index contributed by atoms with van der Waals surface area (Å²) in [5, 5.41) is 0.362. The van der Waals surface area contributed by atoms with Gasteiger partial charge in [-0.3, -0.25) is 0 Å². The van der Waals surface area contributed by atoms with Gasteiger partial charge in [0.25, 0.3) is 0 Å². The van der Waals surface area contributed by atoms with E-state index in [0.717, 1.165) is 26.3 Å². The highest BCUT2D eigenvalue weighted by Crippen LogP contribution is 2.42. The third kappa shape index (κ3) is 3.17. The van der Waals surface area contributed by atoms with Crippen molar-refractivity contribution in [3.63, 3.8) is 0 Å². The number of thioether (sulfide) groups is 1. The zero-order valence-electron chi connectivity index (χ0n) is 13.9. The number of para-hydroxylation sites is 1. The van der Waals surface area contributed by atoms with Crippen LogP contribution in [0.15, 0.2) is 59.5 Å². The second kappa shape index (κ2) is 6.91. The number of benzene rings is 2. The Balaban J connectivity index is 1.43. The van der Waals surface area contributed by atoms with E-state index in [0.29, 0.717) is 5.37 Å². The van der Waals surface area contributed by atoms with E-state index in [1.54, 1.807) is 0 Å². The largest absolute Gasteiger partial charge is 0.378 e. The third-order valence-electron chi connectivity index (χ3n) is 4.60. The van der Waals surface area contributed by atoms with Crippen LogP contribution in [-0.4, -0.2) is 38.7 Å². The van der Waals surface area contributed by atoms with E-state index < -0.39 is 0 Å². The SMILES string of the molecule is CN1c2ccccc2SC1/C=C/c1ccc(N2CCOCC2)cc1. The molecule has 1 unspecified atom stereocenters. The Kier molecular flexibility index (Phi) is 4.50. The fourth-order valence-corrected chi connectivity index (χ4v) is 4.35. The van der Waals surface area contributed by atoms with Gasteiger partial charge in [0.05, 0.1) is 24.3 Å². The lowest BCUT2D eigenvalue weighted by Gasteiger charge is -2.28. The number of ether oxygens (including phenoxy) is 1. The molecule has 1 fully saturated rings. The number of hydrogen-bond donors (Lipinski definition) is 0. The molecule has 0 aliphatic carbocycles. The fraction of sp³-hybridized carbons (Fsp3) is 0.300. The Bertz CT molecular complexity index is 723. The summed E-state index contributed by atoms with van der Waals surface area (Å²) in [7, 11) is 2.16. The average Bonchev–Trinajstić information content (AvgIpc) is 2.97. The van der Waals surface area contributed by atoms with Crippen molar-refractivity contribution in [2.24, 2.45) is 0 Å². The van der Waals surface area contributed by atoms with Crippen LogP contribution in [0.3, 0.4) is 0 Å². The molecular weight excluding hydrogens is 316 g/mol. The number of morpholine rings is 1. The van der Waals surface area contributed by atoms with Gasteiger partial charge in [0.1, 0.15) is 0 Å². The van der Waals surface area contributed by atoms with Crippen LogP contribution in [0.5, 0.6) is 0 Å². The summed E-state index contributed by atoms with van der Waals surface area (Å²) >= 11 is 1.91. The summed E-state index contributed by atoms with van der Waals surface area (Å²) < 4.78 is 5.42. The first-order chi connectivity index (χ1) is 11.8. The molecule has 4 rings (SSSR count). The van der Waals surface area contributed by atoms with E-state index in [2.05, 4.69) is 77.5 Å². The lowest BCUT2D eigenvalue weighted by Crippen LogP contribution is -2.36. The van der Waals surface area contributed by atoms with Crippen LogP contribution in [0.4, 0.5) is 11.4 Å². The molecule has 0 bridgehead atoms. The topological polar surface area (TPSA) is 15.7 Å². The molecular formula is C20H22N2OS. The van der Waals surface area contributed by atoms with E-state index in [-0.39, 0.29) is 0 Å². The highest BCUT2D eigenvalue weighted by atomic mass is 32.2. The highest BCUT2D eigenvalue weighted by molar-refractivity contribution is 8.00. The molecule has 0 amide bonds. The third-order valence-corrected chi connectivity index (χ3v) is 5.91.